The first-order chi connectivity index (χ1) is 9.74. The molecular formula is C15H19ClN4O. The molecule has 1 aromatic heterocycles. The smallest absolute Gasteiger partial charge is 0.257 e. The van der Waals surface area contributed by atoms with Gasteiger partial charge in [-0.05, 0) is 19.1 Å². The largest absolute Gasteiger partial charge is 0.336 e. The number of hydrogen-bond donors (Lipinski definition) is 1. The Morgan fingerprint density at radius 1 is 1.33 bits per heavy atom. The fourth-order valence-corrected chi connectivity index (χ4v) is 2.45. The Kier molecular flexibility index (Phi) is 4.98. The quantitative estimate of drug-likeness (QED) is 0.919. The molecule has 1 aliphatic heterocycles. The van der Waals surface area contributed by atoms with Gasteiger partial charge in [-0.25, -0.2) is 4.68 Å². The van der Waals surface area contributed by atoms with E-state index in [4.69, 9.17) is 0 Å². The lowest BCUT2D eigenvalue weighted by Crippen LogP contribution is -2.51. The third kappa shape index (κ3) is 3.43. The number of piperazine rings is 1. The molecule has 6 heteroatoms. The minimum absolute atomic E-state index is 0. The van der Waals surface area contributed by atoms with Crippen molar-refractivity contribution in [2.75, 3.05) is 19.6 Å². The maximum atomic E-state index is 12.4. The van der Waals surface area contributed by atoms with Crippen LogP contribution in [-0.4, -0.2) is 46.3 Å². The molecule has 0 aliphatic carbocycles. The van der Waals surface area contributed by atoms with Crippen molar-refractivity contribution in [2.24, 2.45) is 0 Å². The molecule has 112 valence electrons. The van der Waals surface area contributed by atoms with E-state index in [1.165, 1.54) is 0 Å². The van der Waals surface area contributed by atoms with Crippen LogP contribution in [-0.2, 0) is 0 Å². The van der Waals surface area contributed by atoms with Crippen molar-refractivity contribution in [3.8, 4) is 5.69 Å². The van der Waals surface area contributed by atoms with Gasteiger partial charge in [0.05, 0.1) is 17.4 Å². The number of nitrogens with zero attached hydrogens (tertiary/aromatic N) is 3. The monoisotopic (exact) mass is 306 g/mol. The molecule has 5 nitrogen and oxygen atoms in total. The van der Waals surface area contributed by atoms with Crippen LogP contribution in [0.15, 0.2) is 42.7 Å². The number of aromatic nitrogens is 2. The van der Waals surface area contributed by atoms with Crippen molar-refractivity contribution in [2.45, 2.75) is 13.0 Å². The predicted molar refractivity (Wildman–Crippen MR) is 84.2 cm³/mol. The van der Waals surface area contributed by atoms with Crippen LogP contribution < -0.4 is 5.32 Å². The maximum Gasteiger partial charge on any atom is 0.257 e. The predicted octanol–water partition coefficient (Wildman–Crippen LogP) is 1.73. The van der Waals surface area contributed by atoms with Crippen LogP contribution in [0.25, 0.3) is 5.69 Å². The molecule has 1 aliphatic rings. The second-order valence-corrected chi connectivity index (χ2v) is 5.12. The third-order valence-corrected chi connectivity index (χ3v) is 3.51. The van der Waals surface area contributed by atoms with Gasteiger partial charge >= 0.3 is 0 Å². The molecule has 0 saturated carbocycles. The number of benzene rings is 1. The van der Waals surface area contributed by atoms with E-state index in [9.17, 15) is 4.79 Å². The SMILES string of the molecule is CC1CN(C(=O)c2cnn(-c3ccccc3)c2)CCN1.Cl. The molecule has 1 atom stereocenters. The molecule has 21 heavy (non-hydrogen) atoms. The van der Waals surface area contributed by atoms with Crippen molar-refractivity contribution >= 4 is 18.3 Å². The molecule has 1 aromatic carbocycles. The molecule has 3 rings (SSSR count). The molecule has 0 spiro atoms. The van der Waals surface area contributed by atoms with Gasteiger partial charge in [0.1, 0.15) is 0 Å². The van der Waals surface area contributed by atoms with E-state index in [0.29, 0.717) is 11.6 Å². The molecule has 0 radical (unpaired) electrons. The Bertz CT molecular complexity index is 599. The van der Waals surface area contributed by atoms with Crippen LogP contribution in [0.2, 0.25) is 0 Å². The number of halogens is 1. The van der Waals surface area contributed by atoms with Crippen LogP contribution >= 0.6 is 12.4 Å². The lowest BCUT2D eigenvalue weighted by atomic mass is 10.2. The van der Waals surface area contributed by atoms with Crippen LogP contribution in [0.3, 0.4) is 0 Å². The second-order valence-electron chi connectivity index (χ2n) is 5.12. The summed E-state index contributed by atoms with van der Waals surface area (Å²) in [4.78, 5) is 14.3. The van der Waals surface area contributed by atoms with E-state index >= 15 is 0 Å². The Morgan fingerprint density at radius 2 is 2.10 bits per heavy atom. The van der Waals surface area contributed by atoms with E-state index in [2.05, 4.69) is 17.3 Å². The van der Waals surface area contributed by atoms with Gasteiger partial charge in [-0.15, -0.1) is 12.4 Å². The van der Waals surface area contributed by atoms with Crippen molar-refractivity contribution < 1.29 is 4.79 Å². The standard InChI is InChI=1S/C15H18N4O.ClH/c1-12-10-18(8-7-16-12)15(20)13-9-17-19(11-13)14-5-3-2-4-6-14;/h2-6,9,11-12,16H,7-8,10H2,1H3;1H. The summed E-state index contributed by atoms with van der Waals surface area (Å²) in [5.41, 5.74) is 1.60. The number of hydrogen-bond acceptors (Lipinski definition) is 3. The summed E-state index contributed by atoms with van der Waals surface area (Å²) in [6.45, 7) is 4.43. The highest BCUT2D eigenvalue weighted by Crippen LogP contribution is 2.11. The van der Waals surface area contributed by atoms with Crippen molar-refractivity contribution in [1.82, 2.24) is 20.0 Å². The Balaban J connectivity index is 0.00000161. The zero-order valence-electron chi connectivity index (χ0n) is 11.9. The van der Waals surface area contributed by atoms with Crippen LogP contribution in [0, 0.1) is 0 Å². The zero-order valence-corrected chi connectivity index (χ0v) is 12.7. The summed E-state index contributed by atoms with van der Waals surface area (Å²) in [6.07, 6.45) is 3.44. The molecule has 1 N–H and O–H groups in total. The van der Waals surface area contributed by atoms with Crippen LogP contribution in [0.1, 0.15) is 17.3 Å². The topological polar surface area (TPSA) is 50.2 Å². The van der Waals surface area contributed by atoms with Crippen molar-refractivity contribution in [3.05, 3.63) is 48.3 Å². The van der Waals surface area contributed by atoms with E-state index in [1.807, 2.05) is 35.2 Å². The Labute approximate surface area is 130 Å². The molecule has 2 heterocycles. The highest BCUT2D eigenvalue weighted by Gasteiger charge is 2.22. The fraction of sp³-hybridized carbons (Fsp3) is 0.333. The van der Waals surface area contributed by atoms with Gasteiger partial charge in [0.25, 0.3) is 5.91 Å². The number of rotatable bonds is 2. The molecule has 0 bridgehead atoms. The molecule has 1 unspecified atom stereocenters. The maximum absolute atomic E-state index is 12.4. The van der Waals surface area contributed by atoms with E-state index in [1.54, 1.807) is 17.1 Å². The minimum Gasteiger partial charge on any atom is -0.336 e. The number of carbonyl (C=O) groups is 1. The summed E-state index contributed by atoms with van der Waals surface area (Å²) < 4.78 is 1.73. The van der Waals surface area contributed by atoms with Gasteiger partial charge < -0.3 is 10.2 Å². The molecule has 1 fully saturated rings. The summed E-state index contributed by atoms with van der Waals surface area (Å²) in [5, 5.41) is 7.61. The van der Waals surface area contributed by atoms with Gasteiger partial charge in [-0.2, -0.15) is 5.10 Å². The molecule has 2 aromatic rings. The fourth-order valence-electron chi connectivity index (χ4n) is 2.45. The highest BCUT2D eigenvalue weighted by molar-refractivity contribution is 5.94. The first kappa shape index (κ1) is 15.5. The van der Waals surface area contributed by atoms with E-state index in [-0.39, 0.29) is 18.3 Å². The third-order valence-electron chi connectivity index (χ3n) is 3.51. The Morgan fingerprint density at radius 3 is 2.81 bits per heavy atom. The van der Waals surface area contributed by atoms with Gasteiger partial charge in [0, 0.05) is 31.9 Å². The lowest BCUT2D eigenvalue weighted by Gasteiger charge is -2.31. The Hall–Kier alpha value is -1.85. The summed E-state index contributed by atoms with van der Waals surface area (Å²) >= 11 is 0. The molecular weight excluding hydrogens is 288 g/mol. The van der Waals surface area contributed by atoms with Gasteiger partial charge in [-0.3, -0.25) is 4.79 Å². The van der Waals surface area contributed by atoms with Crippen molar-refractivity contribution in [3.63, 3.8) is 0 Å². The minimum atomic E-state index is 0. The van der Waals surface area contributed by atoms with E-state index < -0.39 is 0 Å². The second kappa shape index (κ2) is 6.74. The zero-order chi connectivity index (χ0) is 13.9. The first-order valence-corrected chi connectivity index (χ1v) is 6.87. The summed E-state index contributed by atoms with van der Waals surface area (Å²) in [6, 6.07) is 10.1. The average Bonchev–Trinajstić information content (AvgIpc) is 2.97. The molecule has 1 amide bonds. The van der Waals surface area contributed by atoms with Gasteiger partial charge in [0.15, 0.2) is 0 Å². The molecule has 1 saturated heterocycles. The number of para-hydroxylation sites is 1. The lowest BCUT2D eigenvalue weighted by molar-refractivity contribution is 0.0709. The van der Waals surface area contributed by atoms with Crippen molar-refractivity contribution in [1.29, 1.82) is 0 Å². The van der Waals surface area contributed by atoms with E-state index in [0.717, 1.165) is 25.3 Å². The number of amides is 1. The average molecular weight is 307 g/mol. The number of nitrogens with one attached hydrogen (secondary N) is 1. The van der Waals surface area contributed by atoms with Gasteiger partial charge in [0.2, 0.25) is 0 Å². The van der Waals surface area contributed by atoms with Crippen LogP contribution in [0.5, 0.6) is 0 Å². The normalized spacial score (nSPS) is 18.1. The number of carbonyl (C=O) groups excluding carboxylic acids is 1. The highest BCUT2D eigenvalue weighted by atomic mass is 35.5. The summed E-state index contributed by atoms with van der Waals surface area (Å²) in [5.74, 6) is 0.0560. The first-order valence-electron chi connectivity index (χ1n) is 6.87. The van der Waals surface area contributed by atoms with Crippen LogP contribution in [0.4, 0.5) is 0 Å². The summed E-state index contributed by atoms with van der Waals surface area (Å²) in [7, 11) is 0. The van der Waals surface area contributed by atoms with Gasteiger partial charge in [-0.1, -0.05) is 18.2 Å².